The fourth-order valence-corrected chi connectivity index (χ4v) is 1.79. The van der Waals surface area contributed by atoms with Crippen LogP contribution in [-0.4, -0.2) is 11.6 Å². The summed E-state index contributed by atoms with van der Waals surface area (Å²) in [6.07, 6.45) is 1.71. The van der Waals surface area contributed by atoms with Crippen LogP contribution in [0.2, 0.25) is 0 Å². The first-order chi connectivity index (χ1) is 9.69. The Labute approximate surface area is 118 Å². The maximum absolute atomic E-state index is 8.50. The van der Waals surface area contributed by atoms with E-state index in [2.05, 4.69) is 10.3 Å². The normalized spacial score (nSPS) is 11.8. The average molecular weight is 271 g/mol. The highest BCUT2D eigenvalue weighted by atomic mass is 16.5. The number of hydrogen-bond acceptors (Lipinski definition) is 5. The summed E-state index contributed by atoms with van der Waals surface area (Å²) in [4.78, 5) is 4.20. The van der Waals surface area contributed by atoms with E-state index < -0.39 is 0 Å². The molecule has 0 saturated carbocycles. The molecule has 1 unspecified atom stereocenters. The van der Waals surface area contributed by atoms with Crippen molar-refractivity contribution in [1.29, 1.82) is 5.26 Å². The molecule has 0 saturated heterocycles. The highest BCUT2D eigenvalue weighted by molar-refractivity contribution is 5.28. The summed E-state index contributed by atoms with van der Waals surface area (Å²) in [6.45, 7) is 4.61. The minimum Gasteiger partial charge on any atom is -0.479 e. The predicted molar refractivity (Wildman–Crippen MR) is 74.0 cm³/mol. The lowest BCUT2D eigenvalue weighted by molar-refractivity contribution is 0.367. The molecule has 1 N–H and O–H groups in total. The van der Waals surface area contributed by atoms with Crippen LogP contribution in [0.4, 0.5) is 0 Å². The number of ether oxygens (including phenoxy) is 1. The number of nitriles is 1. The van der Waals surface area contributed by atoms with E-state index in [0.717, 1.165) is 11.3 Å². The second-order valence-electron chi connectivity index (χ2n) is 4.51. The number of hydrogen-bond donors (Lipinski definition) is 1. The molecule has 1 aromatic carbocycles. The SMILES string of the molecule is Cc1cnc(C(C)NCc2cccc(OCC#N)c2)o1. The van der Waals surface area contributed by atoms with Crippen LogP contribution in [0.15, 0.2) is 34.9 Å². The lowest BCUT2D eigenvalue weighted by Gasteiger charge is -2.11. The third kappa shape index (κ3) is 3.84. The fraction of sp³-hybridized carbons (Fsp3) is 0.333. The van der Waals surface area contributed by atoms with Crippen molar-refractivity contribution in [1.82, 2.24) is 10.3 Å². The Morgan fingerprint density at radius 2 is 2.35 bits per heavy atom. The minimum atomic E-state index is 0.0346. The van der Waals surface area contributed by atoms with Gasteiger partial charge in [0.1, 0.15) is 17.6 Å². The van der Waals surface area contributed by atoms with E-state index in [1.165, 1.54) is 0 Å². The van der Waals surface area contributed by atoms with E-state index in [9.17, 15) is 0 Å². The molecule has 20 heavy (non-hydrogen) atoms. The molecule has 0 aliphatic rings. The zero-order valence-corrected chi connectivity index (χ0v) is 11.6. The lowest BCUT2D eigenvalue weighted by Crippen LogP contribution is -2.18. The molecule has 0 radical (unpaired) electrons. The molecule has 0 aliphatic carbocycles. The topological polar surface area (TPSA) is 71.1 Å². The standard InChI is InChI=1S/C15H17N3O2/c1-11-9-18-15(20-11)12(2)17-10-13-4-3-5-14(8-13)19-7-6-16/h3-5,8-9,12,17H,7,10H2,1-2H3. The van der Waals surface area contributed by atoms with Crippen LogP contribution < -0.4 is 10.1 Å². The molecule has 0 amide bonds. The molecule has 0 aliphatic heterocycles. The van der Waals surface area contributed by atoms with Crippen LogP contribution in [0.1, 0.15) is 30.2 Å². The number of aromatic nitrogens is 1. The molecule has 104 valence electrons. The van der Waals surface area contributed by atoms with Crippen LogP contribution in [0.25, 0.3) is 0 Å². The van der Waals surface area contributed by atoms with Gasteiger partial charge in [0.25, 0.3) is 0 Å². The highest BCUT2D eigenvalue weighted by Crippen LogP contribution is 2.16. The Hall–Kier alpha value is -2.32. The molecular formula is C15H17N3O2. The summed E-state index contributed by atoms with van der Waals surface area (Å²) < 4.78 is 10.7. The molecular weight excluding hydrogens is 254 g/mol. The van der Waals surface area contributed by atoms with Gasteiger partial charge >= 0.3 is 0 Å². The fourth-order valence-electron chi connectivity index (χ4n) is 1.79. The van der Waals surface area contributed by atoms with E-state index in [-0.39, 0.29) is 12.6 Å². The number of nitrogens with zero attached hydrogens (tertiary/aromatic N) is 2. The number of nitrogens with one attached hydrogen (secondary N) is 1. The molecule has 2 aromatic rings. The third-order valence-corrected chi connectivity index (χ3v) is 2.82. The summed E-state index contributed by atoms with van der Waals surface area (Å²) in [7, 11) is 0. The van der Waals surface area contributed by atoms with Gasteiger partial charge in [0, 0.05) is 6.54 Å². The molecule has 5 nitrogen and oxygen atoms in total. The summed E-state index contributed by atoms with van der Waals surface area (Å²) >= 11 is 0. The zero-order valence-electron chi connectivity index (χ0n) is 11.6. The van der Waals surface area contributed by atoms with Gasteiger partial charge in [0.2, 0.25) is 5.89 Å². The quantitative estimate of drug-likeness (QED) is 0.874. The van der Waals surface area contributed by atoms with Crippen molar-refractivity contribution in [3.63, 3.8) is 0 Å². The molecule has 1 atom stereocenters. The lowest BCUT2D eigenvalue weighted by atomic mass is 10.2. The third-order valence-electron chi connectivity index (χ3n) is 2.82. The Morgan fingerprint density at radius 3 is 3.05 bits per heavy atom. The first-order valence-electron chi connectivity index (χ1n) is 6.43. The Bertz CT molecular complexity index is 601. The van der Waals surface area contributed by atoms with E-state index in [1.807, 2.05) is 44.2 Å². The maximum Gasteiger partial charge on any atom is 0.211 e. The number of oxazole rings is 1. The van der Waals surface area contributed by atoms with Crippen molar-refractivity contribution in [3.05, 3.63) is 47.7 Å². The molecule has 0 fully saturated rings. The van der Waals surface area contributed by atoms with E-state index >= 15 is 0 Å². The van der Waals surface area contributed by atoms with E-state index in [4.69, 9.17) is 14.4 Å². The minimum absolute atomic E-state index is 0.0346. The van der Waals surface area contributed by atoms with Crippen molar-refractivity contribution in [2.45, 2.75) is 26.4 Å². The summed E-state index contributed by atoms with van der Waals surface area (Å²) in [5, 5.41) is 11.8. The van der Waals surface area contributed by atoms with Gasteiger partial charge in [-0.2, -0.15) is 5.26 Å². The van der Waals surface area contributed by atoms with Crippen molar-refractivity contribution >= 4 is 0 Å². The van der Waals surface area contributed by atoms with Gasteiger partial charge in [-0.25, -0.2) is 4.98 Å². The average Bonchev–Trinajstić information content (AvgIpc) is 2.90. The van der Waals surface area contributed by atoms with Gasteiger partial charge < -0.3 is 14.5 Å². The molecule has 0 spiro atoms. The van der Waals surface area contributed by atoms with Crippen molar-refractivity contribution < 1.29 is 9.15 Å². The smallest absolute Gasteiger partial charge is 0.211 e. The summed E-state index contributed by atoms with van der Waals surface area (Å²) in [6, 6.07) is 9.64. The maximum atomic E-state index is 8.50. The Kier molecular flexibility index (Phi) is 4.75. The number of rotatable bonds is 6. The zero-order chi connectivity index (χ0) is 14.4. The van der Waals surface area contributed by atoms with Gasteiger partial charge in [-0.15, -0.1) is 0 Å². The van der Waals surface area contributed by atoms with E-state index in [0.29, 0.717) is 18.2 Å². The molecule has 2 rings (SSSR count). The Balaban J connectivity index is 1.92. The molecule has 0 bridgehead atoms. The van der Waals surface area contributed by atoms with Crippen LogP contribution in [0.3, 0.4) is 0 Å². The van der Waals surface area contributed by atoms with Crippen LogP contribution in [0, 0.1) is 18.3 Å². The largest absolute Gasteiger partial charge is 0.479 e. The number of benzene rings is 1. The van der Waals surface area contributed by atoms with Crippen molar-refractivity contribution in [2.75, 3.05) is 6.61 Å². The molecule has 5 heteroatoms. The Morgan fingerprint density at radius 1 is 1.50 bits per heavy atom. The first kappa shape index (κ1) is 14.1. The van der Waals surface area contributed by atoms with Gasteiger partial charge in [0.15, 0.2) is 6.61 Å². The monoisotopic (exact) mass is 271 g/mol. The van der Waals surface area contributed by atoms with Crippen LogP contribution >= 0.6 is 0 Å². The number of aryl methyl sites for hydroxylation is 1. The van der Waals surface area contributed by atoms with Crippen LogP contribution in [-0.2, 0) is 6.54 Å². The van der Waals surface area contributed by atoms with Crippen molar-refractivity contribution in [3.8, 4) is 11.8 Å². The van der Waals surface area contributed by atoms with Gasteiger partial charge in [-0.3, -0.25) is 0 Å². The van der Waals surface area contributed by atoms with Crippen molar-refractivity contribution in [2.24, 2.45) is 0 Å². The molecule has 1 heterocycles. The molecule has 1 aromatic heterocycles. The van der Waals surface area contributed by atoms with Gasteiger partial charge in [-0.1, -0.05) is 12.1 Å². The highest BCUT2D eigenvalue weighted by Gasteiger charge is 2.10. The summed E-state index contributed by atoms with van der Waals surface area (Å²) in [5.41, 5.74) is 1.08. The van der Waals surface area contributed by atoms with E-state index in [1.54, 1.807) is 6.20 Å². The summed E-state index contributed by atoms with van der Waals surface area (Å²) in [5.74, 6) is 2.19. The predicted octanol–water partition coefficient (Wildman–Crippen LogP) is 2.74. The first-order valence-corrected chi connectivity index (χ1v) is 6.43. The van der Waals surface area contributed by atoms with Gasteiger partial charge in [0.05, 0.1) is 12.2 Å². The van der Waals surface area contributed by atoms with Gasteiger partial charge in [-0.05, 0) is 31.5 Å². The van der Waals surface area contributed by atoms with Crippen LogP contribution in [0.5, 0.6) is 5.75 Å². The second-order valence-corrected chi connectivity index (χ2v) is 4.51. The second kappa shape index (κ2) is 6.73.